The van der Waals surface area contributed by atoms with E-state index in [1.54, 1.807) is 14.2 Å². The molecule has 2 aromatic carbocycles. The Labute approximate surface area is 146 Å². The van der Waals surface area contributed by atoms with Crippen molar-refractivity contribution in [3.8, 4) is 5.75 Å². The van der Waals surface area contributed by atoms with Crippen molar-refractivity contribution in [3.05, 3.63) is 65.2 Å². The molecule has 0 amide bonds. The zero-order chi connectivity index (χ0) is 18.1. The quantitative estimate of drug-likeness (QED) is 0.459. The number of guanidine groups is 1. The van der Waals surface area contributed by atoms with Crippen LogP contribution in [0, 0.1) is 11.6 Å². The molecule has 2 N–H and O–H groups in total. The lowest BCUT2D eigenvalue weighted by molar-refractivity contribution is 0.414. The van der Waals surface area contributed by atoms with E-state index in [2.05, 4.69) is 15.6 Å². The summed E-state index contributed by atoms with van der Waals surface area (Å²) in [5.74, 6) is 0.499. The lowest BCUT2D eigenvalue weighted by Gasteiger charge is -2.12. The summed E-state index contributed by atoms with van der Waals surface area (Å²) in [6.45, 7) is 0.888. The molecule has 2 aromatic rings. The summed E-state index contributed by atoms with van der Waals surface area (Å²) in [6, 6.07) is 11.4. The summed E-state index contributed by atoms with van der Waals surface area (Å²) >= 11 is 0. The molecule has 0 aliphatic carbocycles. The Morgan fingerprint density at radius 2 is 1.84 bits per heavy atom. The molecule has 0 spiro atoms. The number of aliphatic imine (C=N–C) groups is 1. The molecule has 0 saturated heterocycles. The van der Waals surface area contributed by atoms with Crippen LogP contribution in [-0.2, 0) is 13.0 Å². The summed E-state index contributed by atoms with van der Waals surface area (Å²) in [5, 5.41) is 6.15. The highest BCUT2D eigenvalue weighted by atomic mass is 19.1. The molecule has 0 aliphatic rings. The van der Waals surface area contributed by atoms with Gasteiger partial charge in [-0.3, -0.25) is 4.99 Å². The number of nitrogens with zero attached hydrogens (tertiary/aromatic N) is 1. The van der Waals surface area contributed by atoms with Gasteiger partial charge >= 0.3 is 0 Å². The second-order valence-corrected chi connectivity index (χ2v) is 5.54. The Hall–Kier alpha value is -2.63. The van der Waals surface area contributed by atoms with Crippen LogP contribution in [0.25, 0.3) is 0 Å². The van der Waals surface area contributed by atoms with Gasteiger partial charge in [-0.05, 0) is 48.7 Å². The average Bonchev–Trinajstić information content (AvgIpc) is 2.64. The van der Waals surface area contributed by atoms with Gasteiger partial charge in [-0.25, -0.2) is 8.78 Å². The van der Waals surface area contributed by atoms with Gasteiger partial charge in [0.15, 0.2) is 5.96 Å². The maximum atomic E-state index is 13.6. The summed E-state index contributed by atoms with van der Waals surface area (Å²) in [6.07, 6.45) is 1.84. The molecule has 0 atom stereocenters. The number of halogens is 2. The molecule has 0 aliphatic heterocycles. The molecule has 134 valence electrons. The fraction of sp³-hybridized carbons (Fsp3) is 0.316. The molecule has 25 heavy (non-hydrogen) atoms. The lowest BCUT2D eigenvalue weighted by Crippen LogP contribution is -2.37. The maximum Gasteiger partial charge on any atom is 0.191 e. The van der Waals surface area contributed by atoms with E-state index in [4.69, 9.17) is 4.74 Å². The van der Waals surface area contributed by atoms with Crippen molar-refractivity contribution in [2.75, 3.05) is 20.7 Å². The fourth-order valence-corrected chi connectivity index (χ4v) is 2.37. The number of methoxy groups -OCH3 is 1. The van der Waals surface area contributed by atoms with Crippen molar-refractivity contribution in [1.29, 1.82) is 0 Å². The SMILES string of the molecule is CN=C(NCCCc1ccc(OC)cc1)NCc1cc(F)ccc1F. The van der Waals surface area contributed by atoms with Gasteiger partial charge in [0.2, 0.25) is 0 Å². The van der Waals surface area contributed by atoms with Crippen molar-refractivity contribution < 1.29 is 13.5 Å². The number of benzene rings is 2. The zero-order valence-corrected chi connectivity index (χ0v) is 14.5. The third-order valence-electron chi connectivity index (χ3n) is 3.77. The molecule has 0 radical (unpaired) electrons. The number of aryl methyl sites for hydroxylation is 1. The standard InChI is InChI=1S/C19H23F2N3O/c1-22-19(24-13-15-12-16(20)7-10-18(15)21)23-11-3-4-14-5-8-17(25-2)9-6-14/h5-10,12H,3-4,11,13H2,1-2H3,(H2,22,23,24). The number of hydrogen-bond donors (Lipinski definition) is 2. The zero-order valence-electron chi connectivity index (χ0n) is 14.5. The maximum absolute atomic E-state index is 13.6. The molecule has 0 heterocycles. The Balaban J connectivity index is 1.73. The van der Waals surface area contributed by atoms with Crippen LogP contribution >= 0.6 is 0 Å². The number of nitrogens with one attached hydrogen (secondary N) is 2. The highest BCUT2D eigenvalue weighted by Gasteiger charge is 2.05. The Bertz CT molecular complexity index is 702. The van der Waals surface area contributed by atoms with Crippen LogP contribution in [0.15, 0.2) is 47.5 Å². The van der Waals surface area contributed by atoms with Crippen molar-refractivity contribution in [3.63, 3.8) is 0 Å². The number of ether oxygens (including phenoxy) is 1. The van der Waals surface area contributed by atoms with Gasteiger partial charge in [-0.2, -0.15) is 0 Å². The number of rotatable bonds is 7. The van der Waals surface area contributed by atoms with Crippen LogP contribution in [-0.4, -0.2) is 26.7 Å². The van der Waals surface area contributed by atoms with Gasteiger partial charge in [-0.1, -0.05) is 12.1 Å². The summed E-state index contributed by atoms with van der Waals surface area (Å²) in [5.41, 5.74) is 1.49. The Morgan fingerprint density at radius 3 is 2.52 bits per heavy atom. The lowest BCUT2D eigenvalue weighted by atomic mass is 10.1. The van der Waals surface area contributed by atoms with E-state index in [0.717, 1.165) is 37.3 Å². The topological polar surface area (TPSA) is 45.7 Å². The van der Waals surface area contributed by atoms with E-state index in [-0.39, 0.29) is 12.1 Å². The molecule has 0 saturated carbocycles. The van der Waals surface area contributed by atoms with E-state index in [0.29, 0.717) is 5.96 Å². The van der Waals surface area contributed by atoms with E-state index in [1.165, 1.54) is 11.6 Å². The predicted molar refractivity (Wildman–Crippen MR) is 95.9 cm³/mol. The first-order valence-corrected chi connectivity index (χ1v) is 8.13. The van der Waals surface area contributed by atoms with Crippen molar-refractivity contribution in [2.24, 2.45) is 4.99 Å². The van der Waals surface area contributed by atoms with E-state index in [9.17, 15) is 8.78 Å². The minimum atomic E-state index is -0.458. The Kier molecular flexibility index (Phi) is 7.19. The van der Waals surface area contributed by atoms with Gasteiger partial charge < -0.3 is 15.4 Å². The molecule has 0 aromatic heterocycles. The van der Waals surface area contributed by atoms with E-state index < -0.39 is 11.6 Å². The predicted octanol–water partition coefficient (Wildman–Crippen LogP) is 3.27. The molecule has 0 bridgehead atoms. The van der Waals surface area contributed by atoms with Gasteiger partial charge in [0.05, 0.1) is 7.11 Å². The second kappa shape index (κ2) is 9.61. The van der Waals surface area contributed by atoms with E-state index >= 15 is 0 Å². The largest absolute Gasteiger partial charge is 0.497 e. The molecule has 2 rings (SSSR count). The average molecular weight is 347 g/mol. The number of hydrogen-bond acceptors (Lipinski definition) is 2. The van der Waals surface area contributed by atoms with Gasteiger partial charge in [0, 0.05) is 25.7 Å². The van der Waals surface area contributed by atoms with Crippen LogP contribution < -0.4 is 15.4 Å². The molecular formula is C19H23F2N3O. The van der Waals surface area contributed by atoms with Gasteiger partial charge in [0.1, 0.15) is 17.4 Å². The highest BCUT2D eigenvalue weighted by Crippen LogP contribution is 2.12. The van der Waals surface area contributed by atoms with Crippen LogP contribution in [0.2, 0.25) is 0 Å². The van der Waals surface area contributed by atoms with E-state index in [1.807, 2.05) is 24.3 Å². The molecule has 4 nitrogen and oxygen atoms in total. The smallest absolute Gasteiger partial charge is 0.191 e. The molecule has 0 unspecified atom stereocenters. The van der Waals surface area contributed by atoms with Crippen LogP contribution in [0.3, 0.4) is 0 Å². The first kappa shape index (κ1) is 18.7. The summed E-state index contributed by atoms with van der Waals surface area (Å²) < 4.78 is 31.9. The van der Waals surface area contributed by atoms with Crippen molar-refractivity contribution in [2.45, 2.75) is 19.4 Å². The van der Waals surface area contributed by atoms with Crippen molar-refractivity contribution in [1.82, 2.24) is 10.6 Å². The van der Waals surface area contributed by atoms with Gasteiger partial charge in [-0.15, -0.1) is 0 Å². The first-order chi connectivity index (χ1) is 12.1. The second-order valence-electron chi connectivity index (χ2n) is 5.54. The monoisotopic (exact) mass is 347 g/mol. The minimum absolute atomic E-state index is 0.168. The fourth-order valence-electron chi connectivity index (χ4n) is 2.37. The third-order valence-corrected chi connectivity index (χ3v) is 3.77. The van der Waals surface area contributed by atoms with Crippen molar-refractivity contribution >= 4 is 5.96 Å². The third kappa shape index (κ3) is 6.06. The summed E-state index contributed by atoms with van der Waals surface area (Å²) in [7, 11) is 3.29. The highest BCUT2D eigenvalue weighted by molar-refractivity contribution is 5.79. The normalized spacial score (nSPS) is 11.3. The van der Waals surface area contributed by atoms with Crippen LogP contribution in [0.5, 0.6) is 5.75 Å². The van der Waals surface area contributed by atoms with Crippen LogP contribution in [0.1, 0.15) is 17.5 Å². The molecule has 6 heteroatoms. The molecule has 0 fully saturated rings. The Morgan fingerprint density at radius 1 is 1.08 bits per heavy atom. The van der Waals surface area contributed by atoms with Gasteiger partial charge in [0.25, 0.3) is 0 Å². The summed E-state index contributed by atoms with van der Waals surface area (Å²) in [4.78, 5) is 4.08. The first-order valence-electron chi connectivity index (χ1n) is 8.13. The van der Waals surface area contributed by atoms with Crippen LogP contribution in [0.4, 0.5) is 8.78 Å². The minimum Gasteiger partial charge on any atom is -0.497 e. The molecular weight excluding hydrogens is 324 g/mol.